The highest BCUT2D eigenvalue weighted by Gasteiger charge is 2.57. The largest absolute Gasteiger partial charge is 0.394 e. The molecule has 5 fully saturated rings. The van der Waals surface area contributed by atoms with Crippen LogP contribution >= 0.6 is 0 Å². The Kier molecular flexibility index (Phi) is 18.6. The minimum absolute atomic E-state index is 0.0507. The van der Waals surface area contributed by atoms with Crippen molar-refractivity contribution in [2.24, 2.45) is 5.73 Å². The number of hydrogen-bond donors (Lipinski definition) is 15. The third-order valence-corrected chi connectivity index (χ3v) is 11.4. The van der Waals surface area contributed by atoms with Gasteiger partial charge in [0.1, 0.15) is 110 Å². The molecule has 0 aromatic carbocycles. The Labute approximate surface area is 344 Å². The molecule has 5 heterocycles. The van der Waals surface area contributed by atoms with Crippen LogP contribution in [0.1, 0.15) is 33.1 Å². The lowest BCUT2D eigenvalue weighted by Crippen LogP contribution is -2.69. The average Bonchev–Trinajstić information content (AvgIpc) is 3.23. The van der Waals surface area contributed by atoms with Crippen molar-refractivity contribution in [2.75, 3.05) is 33.0 Å². The molecule has 16 N–H and O–H groups in total. The Morgan fingerprint density at radius 2 is 0.817 bits per heavy atom. The number of ether oxygens (including phenoxy) is 10. The molecular weight excluding hydrogens is 818 g/mol. The van der Waals surface area contributed by atoms with Crippen LogP contribution in [-0.4, -0.2) is 258 Å². The van der Waals surface area contributed by atoms with Crippen LogP contribution in [0.3, 0.4) is 0 Å². The van der Waals surface area contributed by atoms with E-state index in [2.05, 4.69) is 0 Å². The van der Waals surface area contributed by atoms with Crippen LogP contribution in [0, 0.1) is 0 Å². The van der Waals surface area contributed by atoms with E-state index in [4.69, 9.17) is 53.1 Å². The summed E-state index contributed by atoms with van der Waals surface area (Å²) in [7, 11) is 0. The molecule has 5 aliphatic rings. The Hall–Kier alpha value is -1.00. The minimum atomic E-state index is -2.09. The highest BCUT2D eigenvalue weighted by Crippen LogP contribution is 2.37. The predicted octanol–water partition coefficient (Wildman–Crippen LogP) is -8.72. The third kappa shape index (κ3) is 10.9. The van der Waals surface area contributed by atoms with Gasteiger partial charge in [-0.2, -0.15) is 0 Å². The number of aliphatic hydroxyl groups is 14. The second kappa shape index (κ2) is 22.3. The SMILES string of the molecule is CC1O[C@@H](O[C@@H]2C(O)[C@H](O[C@@H]3C(CO)O[C@H](OC4[C@@H](OCCCCCN)OC(CO)[C@@H](O)[C@@H]4O)C(O)[C@H]3O[C@@H]3OC(C)[C@H](O)C(O)[C@@H]3O)OC(CO)[C@H]2O)[C@@H](O)C(O)[C@H]1O. The molecule has 0 aromatic heterocycles. The Bertz CT molecular complexity index is 1280. The van der Waals surface area contributed by atoms with Crippen molar-refractivity contribution < 1.29 is 119 Å². The van der Waals surface area contributed by atoms with E-state index in [0.29, 0.717) is 25.8 Å². The van der Waals surface area contributed by atoms with Gasteiger partial charge >= 0.3 is 0 Å². The van der Waals surface area contributed by atoms with E-state index in [9.17, 15) is 71.5 Å². The molecule has 5 aliphatic heterocycles. The van der Waals surface area contributed by atoms with Gasteiger partial charge in [0.25, 0.3) is 0 Å². The van der Waals surface area contributed by atoms with Crippen molar-refractivity contribution in [1.29, 1.82) is 0 Å². The van der Waals surface area contributed by atoms with Crippen LogP contribution in [0.4, 0.5) is 0 Å². The molecule has 0 aliphatic carbocycles. The zero-order valence-electron chi connectivity index (χ0n) is 33.0. The van der Waals surface area contributed by atoms with Crippen LogP contribution in [0.2, 0.25) is 0 Å². The Balaban J connectivity index is 1.43. The molecular formula is C35H63NO24. The first kappa shape index (κ1) is 50.0. The molecule has 5 saturated heterocycles. The van der Waals surface area contributed by atoms with E-state index in [1.165, 1.54) is 13.8 Å². The molecule has 25 heteroatoms. The van der Waals surface area contributed by atoms with Gasteiger partial charge in [0.2, 0.25) is 0 Å². The second-order valence-electron chi connectivity index (χ2n) is 15.6. The number of aliphatic hydroxyl groups excluding tert-OH is 14. The minimum Gasteiger partial charge on any atom is -0.394 e. The average molecular weight is 882 g/mol. The quantitative estimate of drug-likeness (QED) is 0.0603. The molecule has 352 valence electrons. The van der Waals surface area contributed by atoms with Gasteiger partial charge in [0.15, 0.2) is 31.5 Å². The van der Waals surface area contributed by atoms with E-state index in [1.54, 1.807) is 0 Å². The summed E-state index contributed by atoms with van der Waals surface area (Å²) in [6.07, 6.45) is -41.2. The molecule has 25 atom stereocenters. The molecule has 0 aromatic rings. The molecule has 25 nitrogen and oxygen atoms in total. The number of hydrogen-bond acceptors (Lipinski definition) is 25. The second-order valence-corrected chi connectivity index (χ2v) is 15.6. The molecule has 0 spiro atoms. The van der Waals surface area contributed by atoms with Crippen LogP contribution in [-0.2, 0) is 47.4 Å². The summed E-state index contributed by atoms with van der Waals surface area (Å²) >= 11 is 0. The lowest BCUT2D eigenvalue weighted by molar-refractivity contribution is -0.406. The van der Waals surface area contributed by atoms with Gasteiger partial charge in [0, 0.05) is 6.61 Å². The highest BCUT2D eigenvalue weighted by molar-refractivity contribution is 4.99. The van der Waals surface area contributed by atoms with Crippen molar-refractivity contribution in [1.82, 2.24) is 0 Å². The lowest BCUT2D eigenvalue weighted by atomic mass is 9.95. The van der Waals surface area contributed by atoms with Crippen molar-refractivity contribution >= 4 is 0 Å². The third-order valence-electron chi connectivity index (χ3n) is 11.4. The van der Waals surface area contributed by atoms with Crippen molar-refractivity contribution in [3.63, 3.8) is 0 Å². The maximum absolute atomic E-state index is 11.9. The van der Waals surface area contributed by atoms with Crippen molar-refractivity contribution in [3.05, 3.63) is 0 Å². The van der Waals surface area contributed by atoms with E-state index in [0.717, 1.165) is 0 Å². The van der Waals surface area contributed by atoms with Gasteiger partial charge < -0.3 is 125 Å². The van der Waals surface area contributed by atoms with Gasteiger partial charge in [-0.1, -0.05) is 0 Å². The molecule has 0 saturated carbocycles. The summed E-state index contributed by atoms with van der Waals surface area (Å²) in [6, 6.07) is 0. The van der Waals surface area contributed by atoms with Gasteiger partial charge in [-0.3, -0.25) is 0 Å². The maximum atomic E-state index is 11.9. The van der Waals surface area contributed by atoms with Gasteiger partial charge in [0.05, 0.1) is 32.0 Å². The van der Waals surface area contributed by atoms with Crippen LogP contribution < -0.4 is 5.73 Å². The van der Waals surface area contributed by atoms with Crippen molar-refractivity contribution in [3.8, 4) is 0 Å². The van der Waals surface area contributed by atoms with E-state index in [1.807, 2.05) is 0 Å². The smallest absolute Gasteiger partial charge is 0.187 e. The topological polar surface area (TPSA) is 402 Å². The summed E-state index contributed by atoms with van der Waals surface area (Å²) in [5, 5.41) is 150. The zero-order chi connectivity index (χ0) is 44.2. The fourth-order valence-corrected chi connectivity index (χ4v) is 7.63. The van der Waals surface area contributed by atoms with Gasteiger partial charge in [-0.25, -0.2) is 0 Å². The normalized spacial score (nSPS) is 50.5. The van der Waals surface area contributed by atoms with Gasteiger partial charge in [-0.05, 0) is 39.7 Å². The lowest BCUT2D eigenvalue weighted by Gasteiger charge is -2.50. The Morgan fingerprint density at radius 3 is 1.35 bits per heavy atom. The van der Waals surface area contributed by atoms with Crippen LogP contribution in [0.15, 0.2) is 0 Å². The molecule has 5 rings (SSSR count). The van der Waals surface area contributed by atoms with Gasteiger partial charge in [-0.15, -0.1) is 0 Å². The molecule has 10 unspecified atom stereocenters. The summed E-state index contributed by atoms with van der Waals surface area (Å²) < 4.78 is 57.8. The summed E-state index contributed by atoms with van der Waals surface area (Å²) in [4.78, 5) is 0. The first-order valence-electron chi connectivity index (χ1n) is 20.0. The summed E-state index contributed by atoms with van der Waals surface area (Å²) in [6.45, 7) is 0.580. The van der Waals surface area contributed by atoms with E-state index >= 15 is 0 Å². The summed E-state index contributed by atoms with van der Waals surface area (Å²) in [5.41, 5.74) is 5.56. The molecule has 0 bridgehead atoms. The van der Waals surface area contributed by atoms with Crippen molar-refractivity contribution in [2.45, 2.75) is 187 Å². The first-order valence-corrected chi connectivity index (χ1v) is 20.0. The summed E-state index contributed by atoms with van der Waals surface area (Å²) in [5.74, 6) is 0. The highest BCUT2D eigenvalue weighted by atomic mass is 16.8. The standard InChI is InChI=1S/C35H63NO24/c1-11-16(40)20(44)23(47)31(52-11)58-28-19(43)14(9-38)54-33(25(28)49)57-27-15(10-39)56-34(26(50)29(27)59-32-24(48)21(45)17(41)12(2)53-32)60-30-22(46)18(42)13(8-37)55-35(30)51-7-5-3-4-6-36/h11-35,37-50H,3-10,36H2,1-2H3/t11?,12?,13?,14?,15?,16-,17-,18+,19+,20?,21?,22-,23-,24-,25?,26?,27+,28-,29+,30?,31-,32-,33-,34+,35-/m0/s1. The maximum Gasteiger partial charge on any atom is 0.187 e. The van der Waals surface area contributed by atoms with E-state index < -0.39 is 173 Å². The predicted molar refractivity (Wildman–Crippen MR) is 190 cm³/mol. The number of unbranched alkanes of at least 4 members (excludes halogenated alkanes) is 2. The number of rotatable bonds is 17. The molecule has 0 amide bonds. The monoisotopic (exact) mass is 881 g/mol. The van der Waals surface area contributed by atoms with Crippen LogP contribution in [0.5, 0.6) is 0 Å². The zero-order valence-corrected chi connectivity index (χ0v) is 33.0. The fourth-order valence-electron chi connectivity index (χ4n) is 7.63. The fraction of sp³-hybridized carbons (Fsp3) is 1.00. The van der Waals surface area contributed by atoms with E-state index in [-0.39, 0.29) is 6.61 Å². The van der Waals surface area contributed by atoms with Crippen LogP contribution in [0.25, 0.3) is 0 Å². The molecule has 0 radical (unpaired) electrons. The number of nitrogens with two attached hydrogens (primary N) is 1. The first-order chi connectivity index (χ1) is 28.5. The Morgan fingerprint density at radius 1 is 0.383 bits per heavy atom. The molecule has 60 heavy (non-hydrogen) atoms.